The minimum absolute atomic E-state index is 0.909. The minimum atomic E-state index is 0.909. The molecule has 3 aliphatic carbocycles. The SMILES string of the molecule is C1CCC2NC3CCCCC4CC4C3C2CC1. The molecule has 3 saturated carbocycles. The normalized spacial score (nSPS) is 53.6. The van der Waals surface area contributed by atoms with Crippen LogP contribution in [0.3, 0.4) is 0 Å². The van der Waals surface area contributed by atoms with Gasteiger partial charge in [0.15, 0.2) is 0 Å². The van der Waals surface area contributed by atoms with Crippen LogP contribution in [0.15, 0.2) is 0 Å². The highest BCUT2D eigenvalue weighted by Gasteiger charge is 2.53. The molecule has 1 aliphatic heterocycles. The third-order valence-corrected chi connectivity index (χ3v) is 6.27. The zero-order valence-electron chi connectivity index (χ0n) is 11.0. The molecule has 96 valence electrons. The second-order valence-corrected chi connectivity index (χ2v) is 7.20. The van der Waals surface area contributed by atoms with Crippen LogP contribution in [-0.4, -0.2) is 12.1 Å². The topological polar surface area (TPSA) is 12.0 Å². The van der Waals surface area contributed by atoms with E-state index in [1.54, 1.807) is 19.3 Å². The summed E-state index contributed by atoms with van der Waals surface area (Å²) in [5.41, 5.74) is 0. The molecule has 4 fully saturated rings. The van der Waals surface area contributed by atoms with Gasteiger partial charge in [0.1, 0.15) is 0 Å². The van der Waals surface area contributed by atoms with Gasteiger partial charge in [-0.05, 0) is 49.4 Å². The van der Waals surface area contributed by atoms with E-state index in [0.29, 0.717) is 0 Å². The second kappa shape index (κ2) is 4.26. The first-order valence-electron chi connectivity index (χ1n) is 8.19. The highest BCUT2D eigenvalue weighted by atomic mass is 15.0. The summed E-state index contributed by atoms with van der Waals surface area (Å²) in [5, 5.41) is 4.06. The smallest absolute Gasteiger partial charge is 0.0104 e. The predicted octanol–water partition coefficient (Wildman–Crippen LogP) is 3.73. The summed E-state index contributed by atoms with van der Waals surface area (Å²) in [4.78, 5) is 0. The van der Waals surface area contributed by atoms with Gasteiger partial charge in [0.2, 0.25) is 0 Å². The van der Waals surface area contributed by atoms with Crippen LogP contribution >= 0.6 is 0 Å². The minimum Gasteiger partial charge on any atom is -0.311 e. The van der Waals surface area contributed by atoms with Crippen molar-refractivity contribution in [3.05, 3.63) is 0 Å². The lowest BCUT2D eigenvalue weighted by molar-refractivity contribution is 0.255. The summed E-state index contributed by atoms with van der Waals surface area (Å²) in [6.45, 7) is 0. The van der Waals surface area contributed by atoms with Crippen LogP contribution in [0.5, 0.6) is 0 Å². The van der Waals surface area contributed by atoms with Crippen molar-refractivity contribution in [3.8, 4) is 0 Å². The Hall–Kier alpha value is -0.0400. The Morgan fingerprint density at radius 3 is 2.41 bits per heavy atom. The van der Waals surface area contributed by atoms with Gasteiger partial charge >= 0.3 is 0 Å². The van der Waals surface area contributed by atoms with E-state index in [2.05, 4.69) is 5.32 Å². The number of hydrogen-bond donors (Lipinski definition) is 1. The lowest BCUT2D eigenvalue weighted by atomic mass is 9.77. The maximum Gasteiger partial charge on any atom is 0.0104 e. The van der Waals surface area contributed by atoms with E-state index in [-0.39, 0.29) is 0 Å². The highest BCUT2D eigenvalue weighted by molar-refractivity contribution is 5.07. The number of rotatable bonds is 0. The van der Waals surface area contributed by atoms with Gasteiger partial charge < -0.3 is 5.32 Å². The summed E-state index contributed by atoms with van der Waals surface area (Å²) in [6, 6.07) is 1.82. The van der Waals surface area contributed by atoms with E-state index in [4.69, 9.17) is 0 Å². The van der Waals surface area contributed by atoms with Gasteiger partial charge in [-0.2, -0.15) is 0 Å². The van der Waals surface area contributed by atoms with Gasteiger partial charge in [0.05, 0.1) is 0 Å². The Labute approximate surface area is 106 Å². The Balaban J connectivity index is 1.57. The summed E-state index contributed by atoms with van der Waals surface area (Å²) in [5.74, 6) is 4.44. The molecular weight excluding hydrogens is 206 g/mol. The molecule has 1 N–H and O–H groups in total. The molecule has 0 radical (unpaired) electrons. The average Bonchev–Trinajstić information content (AvgIpc) is 3.03. The molecule has 6 unspecified atom stereocenters. The Kier molecular flexibility index (Phi) is 2.72. The van der Waals surface area contributed by atoms with Crippen LogP contribution < -0.4 is 5.32 Å². The number of fused-ring (bicyclic) bond motifs is 5. The summed E-state index contributed by atoms with van der Waals surface area (Å²) in [7, 11) is 0. The first-order valence-corrected chi connectivity index (χ1v) is 8.19. The van der Waals surface area contributed by atoms with Crippen molar-refractivity contribution in [2.45, 2.75) is 76.3 Å². The van der Waals surface area contributed by atoms with Gasteiger partial charge in [-0.25, -0.2) is 0 Å². The summed E-state index contributed by atoms with van der Waals surface area (Å²) < 4.78 is 0. The summed E-state index contributed by atoms with van der Waals surface area (Å²) >= 11 is 0. The van der Waals surface area contributed by atoms with Gasteiger partial charge in [0, 0.05) is 12.1 Å². The fourth-order valence-corrected chi connectivity index (χ4v) is 5.43. The van der Waals surface area contributed by atoms with E-state index in [1.165, 1.54) is 44.9 Å². The maximum atomic E-state index is 4.06. The van der Waals surface area contributed by atoms with Crippen molar-refractivity contribution in [2.24, 2.45) is 23.7 Å². The van der Waals surface area contributed by atoms with E-state index in [0.717, 1.165) is 35.8 Å². The predicted molar refractivity (Wildman–Crippen MR) is 70.8 cm³/mol. The van der Waals surface area contributed by atoms with Crippen LogP contribution in [0.25, 0.3) is 0 Å². The van der Waals surface area contributed by atoms with Gasteiger partial charge in [-0.3, -0.25) is 0 Å². The molecule has 0 spiro atoms. The number of nitrogens with one attached hydrogen (secondary N) is 1. The first kappa shape index (κ1) is 10.8. The fraction of sp³-hybridized carbons (Fsp3) is 1.00. The monoisotopic (exact) mass is 233 g/mol. The van der Waals surface area contributed by atoms with Crippen molar-refractivity contribution < 1.29 is 0 Å². The molecule has 0 aromatic carbocycles. The highest BCUT2D eigenvalue weighted by Crippen LogP contribution is 2.56. The van der Waals surface area contributed by atoms with Crippen molar-refractivity contribution in [1.29, 1.82) is 0 Å². The standard InChI is InChI=1S/C16H27N/c1-2-7-12-14(8-3-1)17-15-9-5-4-6-11-10-13(11)16(12)15/h11-17H,1-10H2. The third kappa shape index (κ3) is 1.85. The molecule has 1 nitrogen and oxygen atoms in total. The zero-order valence-corrected chi connectivity index (χ0v) is 11.0. The lowest BCUT2D eigenvalue weighted by Crippen LogP contribution is -2.32. The van der Waals surface area contributed by atoms with Crippen LogP contribution in [0.4, 0.5) is 0 Å². The quantitative estimate of drug-likeness (QED) is 0.672. The summed E-state index contributed by atoms with van der Waals surface area (Å²) in [6.07, 6.45) is 15.2. The Morgan fingerprint density at radius 2 is 1.41 bits per heavy atom. The van der Waals surface area contributed by atoms with Crippen molar-refractivity contribution in [3.63, 3.8) is 0 Å². The molecule has 4 rings (SSSR count). The molecule has 1 heteroatoms. The van der Waals surface area contributed by atoms with Crippen molar-refractivity contribution in [1.82, 2.24) is 5.32 Å². The molecule has 0 aromatic heterocycles. The van der Waals surface area contributed by atoms with Crippen LogP contribution in [0, 0.1) is 23.7 Å². The molecule has 4 aliphatic rings. The van der Waals surface area contributed by atoms with E-state index >= 15 is 0 Å². The number of hydrogen-bond acceptors (Lipinski definition) is 1. The van der Waals surface area contributed by atoms with Crippen molar-refractivity contribution in [2.75, 3.05) is 0 Å². The van der Waals surface area contributed by atoms with Gasteiger partial charge in [-0.1, -0.05) is 38.5 Å². The molecule has 1 heterocycles. The average molecular weight is 233 g/mol. The van der Waals surface area contributed by atoms with E-state index in [1.807, 2.05) is 0 Å². The van der Waals surface area contributed by atoms with E-state index in [9.17, 15) is 0 Å². The third-order valence-electron chi connectivity index (χ3n) is 6.27. The molecule has 1 saturated heterocycles. The van der Waals surface area contributed by atoms with E-state index < -0.39 is 0 Å². The zero-order chi connectivity index (χ0) is 11.2. The largest absolute Gasteiger partial charge is 0.311 e. The fourth-order valence-electron chi connectivity index (χ4n) is 5.43. The van der Waals surface area contributed by atoms with Gasteiger partial charge in [0.25, 0.3) is 0 Å². The molecule has 6 atom stereocenters. The molecule has 0 aromatic rings. The maximum absolute atomic E-state index is 4.06. The molecule has 0 amide bonds. The Bertz CT molecular complexity index is 287. The first-order chi connectivity index (χ1) is 8.43. The van der Waals surface area contributed by atoms with Crippen LogP contribution in [0.1, 0.15) is 64.2 Å². The molecule has 17 heavy (non-hydrogen) atoms. The van der Waals surface area contributed by atoms with Crippen molar-refractivity contribution >= 4 is 0 Å². The van der Waals surface area contributed by atoms with Crippen LogP contribution in [0.2, 0.25) is 0 Å². The molecule has 0 bridgehead atoms. The molecular formula is C16H27N. The van der Waals surface area contributed by atoms with Crippen LogP contribution in [-0.2, 0) is 0 Å². The second-order valence-electron chi connectivity index (χ2n) is 7.20. The lowest BCUT2D eigenvalue weighted by Gasteiger charge is -2.26. The van der Waals surface area contributed by atoms with Gasteiger partial charge in [-0.15, -0.1) is 0 Å². The Morgan fingerprint density at radius 1 is 0.647 bits per heavy atom.